The van der Waals surface area contributed by atoms with Gasteiger partial charge in [0.2, 0.25) is 0 Å². The van der Waals surface area contributed by atoms with E-state index in [2.05, 4.69) is 9.97 Å². The largest absolute Gasteiger partial charge is 0.497 e. The molecule has 5 heteroatoms. The summed E-state index contributed by atoms with van der Waals surface area (Å²) < 4.78 is 19.0. The molecule has 1 heterocycles. The van der Waals surface area contributed by atoms with Gasteiger partial charge in [-0.25, -0.2) is 9.37 Å². The summed E-state index contributed by atoms with van der Waals surface area (Å²) >= 11 is 4.91. The molecule has 0 unspecified atom stereocenters. The van der Waals surface area contributed by atoms with E-state index >= 15 is 0 Å². The summed E-state index contributed by atoms with van der Waals surface area (Å²) in [4.78, 5) is 6.69. The minimum atomic E-state index is -0.365. The molecule has 0 aliphatic heterocycles. The average molecular weight is 236 g/mol. The number of hydrogen-bond donors (Lipinski definition) is 1. The van der Waals surface area contributed by atoms with Crippen molar-refractivity contribution >= 4 is 12.2 Å². The molecule has 0 atom stereocenters. The standard InChI is InChI=1S/C11H9FN2OS/c1-15-7-2-3-8(9(12)4-7)10-5-11(16)14-6-13-10/h2-6H,1H3,(H,13,14,16). The van der Waals surface area contributed by atoms with Gasteiger partial charge < -0.3 is 9.72 Å². The second-order valence-corrected chi connectivity index (χ2v) is 3.56. The molecule has 0 amide bonds. The van der Waals surface area contributed by atoms with Crippen LogP contribution >= 0.6 is 12.2 Å². The van der Waals surface area contributed by atoms with Crippen LogP contribution in [0.25, 0.3) is 11.3 Å². The lowest BCUT2D eigenvalue weighted by Crippen LogP contribution is -1.91. The van der Waals surface area contributed by atoms with Crippen LogP contribution in [0.15, 0.2) is 30.6 Å². The van der Waals surface area contributed by atoms with Crippen LogP contribution in [0, 0.1) is 10.5 Å². The number of aromatic amines is 1. The molecule has 16 heavy (non-hydrogen) atoms. The van der Waals surface area contributed by atoms with E-state index in [0.29, 0.717) is 21.6 Å². The fraction of sp³-hybridized carbons (Fsp3) is 0.0909. The number of aromatic nitrogens is 2. The molecule has 3 nitrogen and oxygen atoms in total. The number of hydrogen-bond acceptors (Lipinski definition) is 3. The summed E-state index contributed by atoms with van der Waals surface area (Å²) in [5.41, 5.74) is 1.04. The Morgan fingerprint density at radius 2 is 2.19 bits per heavy atom. The Morgan fingerprint density at radius 1 is 1.38 bits per heavy atom. The maximum atomic E-state index is 13.7. The van der Waals surface area contributed by atoms with Crippen molar-refractivity contribution in [2.75, 3.05) is 7.11 Å². The van der Waals surface area contributed by atoms with Gasteiger partial charge in [-0.3, -0.25) is 0 Å². The third-order valence-electron chi connectivity index (χ3n) is 2.15. The monoisotopic (exact) mass is 236 g/mol. The molecule has 2 rings (SSSR count). The van der Waals surface area contributed by atoms with E-state index < -0.39 is 0 Å². The quantitative estimate of drug-likeness (QED) is 0.815. The molecule has 2 aromatic rings. The van der Waals surface area contributed by atoms with Crippen molar-refractivity contribution in [3.63, 3.8) is 0 Å². The topological polar surface area (TPSA) is 37.9 Å². The van der Waals surface area contributed by atoms with Crippen molar-refractivity contribution in [2.24, 2.45) is 0 Å². The molecular formula is C11H9FN2OS. The van der Waals surface area contributed by atoms with Crippen molar-refractivity contribution in [1.82, 2.24) is 9.97 Å². The lowest BCUT2D eigenvalue weighted by Gasteiger charge is -2.05. The zero-order valence-corrected chi connectivity index (χ0v) is 9.34. The zero-order valence-electron chi connectivity index (χ0n) is 8.53. The lowest BCUT2D eigenvalue weighted by atomic mass is 10.1. The Hall–Kier alpha value is -1.75. The summed E-state index contributed by atoms with van der Waals surface area (Å²) in [7, 11) is 1.49. The minimum absolute atomic E-state index is 0.365. The van der Waals surface area contributed by atoms with Crippen molar-refractivity contribution < 1.29 is 9.13 Å². The SMILES string of the molecule is COc1ccc(-c2cc(=S)nc[nH]2)c(F)c1. The van der Waals surface area contributed by atoms with Gasteiger partial charge in [-0.15, -0.1) is 0 Å². The molecule has 1 aromatic carbocycles. The number of methoxy groups -OCH3 is 1. The van der Waals surface area contributed by atoms with Crippen LogP contribution in [0.5, 0.6) is 5.75 Å². The van der Waals surface area contributed by atoms with Crippen LogP contribution in [-0.4, -0.2) is 17.1 Å². The Labute approximate surface area is 96.9 Å². The van der Waals surface area contributed by atoms with Gasteiger partial charge >= 0.3 is 0 Å². The van der Waals surface area contributed by atoms with E-state index in [1.807, 2.05) is 0 Å². The van der Waals surface area contributed by atoms with Crippen molar-refractivity contribution in [2.45, 2.75) is 0 Å². The maximum absolute atomic E-state index is 13.7. The number of nitrogens with zero attached hydrogens (tertiary/aromatic N) is 1. The number of nitrogens with one attached hydrogen (secondary N) is 1. The van der Waals surface area contributed by atoms with Crippen molar-refractivity contribution in [3.8, 4) is 17.0 Å². The Morgan fingerprint density at radius 3 is 2.81 bits per heavy atom. The van der Waals surface area contributed by atoms with Crippen LogP contribution in [0.3, 0.4) is 0 Å². The molecule has 1 aromatic heterocycles. The Bertz CT molecular complexity index is 568. The number of ether oxygens (including phenoxy) is 1. The second kappa shape index (κ2) is 4.40. The predicted molar refractivity (Wildman–Crippen MR) is 61.4 cm³/mol. The molecule has 82 valence electrons. The molecule has 0 saturated heterocycles. The first-order chi connectivity index (χ1) is 7.70. The molecule has 0 saturated carbocycles. The van der Waals surface area contributed by atoms with Crippen LogP contribution in [0.2, 0.25) is 0 Å². The van der Waals surface area contributed by atoms with E-state index in [0.717, 1.165) is 0 Å². The highest BCUT2D eigenvalue weighted by Crippen LogP contribution is 2.24. The van der Waals surface area contributed by atoms with Gasteiger partial charge in [0.05, 0.1) is 19.1 Å². The highest BCUT2D eigenvalue weighted by atomic mass is 32.1. The molecule has 0 spiro atoms. The molecule has 0 aliphatic rings. The zero-order chi connectivity index (χ0) is 11.5. The molecule has 1 N–H and O–H groups in total. The summed E-state index contributed by atoms with van der Waals surface area (Å²) in [5.74, 6) is 0.116. The van der Waals surface area contributed by atoms with Crippen molar-refractivity contribution in [3.05, 3.63) is 41.1 Å². The number of halogens is 1. The summed E-state index contributed by atoms with van der Waals surface area (Å²) in [6.07, 6.45) is 1.45. The maximum Gasteiger partial charge on any atom is 0.136 e. The number of benzene rings is 1. The third kappa shape index (κ3) is 2.09. The van der Waals surface area contributed by atoms with Crippen LogP contribution < -0.4 is 4.74 Å². The first kappa shape index (κ1) is 10.8. The van der Waals surface area contributed by atoms with Crippen LogP contribution in [-0.2, 0) is 0 Å². The van der Waals surface area contributed by atoms with Crippen LogP contribution in [0.4, 0.5) is 4.39 Å². The van der Waals surface area contributed by atoms with Gasteiger partial charge in [-0.1, -0.05) is 12.2 Å². The Kier molecular flexibility index (Phi) is 2.96. The smallest absolute Gasteiger partial charge is 0.136 e. The first-order valence-corrected chi connectivity index (χ1v) is 5.00. The van der Waals surface area contributed by atoms with E-state index in [4.69, 9.17) is 17.0 Å². The summed E-state index contributed by atoms with van der Waals surface area (Å²) in [5, 5.41) is 0. The van der Waals surface area contributed by atoms with E-state index in [9.17, 15) is 4.39 Å². The first-order valence-electron chi connectivity index (χ1n) is 4.59. The number of rotatable bonds is 2. The summed E-state index contributed by atoms with van der Waals surface area (Å²) in [6.45, 7) is 0. The molecular weight excluding hydrogens is 227 g/mol. The highest BCUT2D eigenvalue weighted by molar-refractivity contribution is 7.71. The van der Waals surface area contributed by atoms with E-state index in [1.54, 1.807) is 18.2 Å². The van der Waals surface area contributed by atoms with Crippen molar-refractivity contribution in [1.29, 1.82) is 0 Å². The summed E-state index contributed by atoms with van der Waals surface area (Å²) in [6, 6.07) is 6.26. The fourth-order valence-corrected chi connectivity index (χ4v) is 1.54. The molecule has 0 fully saturated rings. The van der Waals surface area contributed by atoms with Gasteiger partial charge in [0.25, 0.3) is 0 Å². The Balaban J connectivity index is 2.52. The highest BCUT2D eigenvalue weighted by Gasteiger charge is 2.06. The third-order valence-corrected chi connectivity index (χ3v) is 2.37. The van der Waals surface area contributed by atoms with E-state index in [1.165, 1.54) is 19.5 Å². The predicted octanol–water partition coefficient (Wildman–Crippen LogP) is 2.95. The molecule has 0 aliphatic carbocycles. The average Bonchev–Trinajstić information content (AvgIpc) is 2.28. The fourth-order valence-electron chi connectivity index (χ4n) is 1.36. The normalized spacial score (nSPS) is 10.1. The molecule has 0 bridgehead atoms. The minimum Gasteiger partial charge on any atom is -0.497 e. The second-order valence-electron chi connectivity index (χ2n) is 3.14. The lowest BCUT2D eigenvalue weighted by molar-refractivity contribution is 0.411. The van der Waals surface area contributed by atoms with Crippen LogP contribution in [0.1, 0.15) is 0 Å². The van der Waals surface area contributed by atoms with Gasteiger partial charge in [0, 0.05) is 11.6 Å². The van der Waals surface area contributed by atoms with Gasteiger partial charge in [0.1, 0.15) is 16.2 Å². The van der Waals surface area contributed by atoms with Gasteiger partial charge in [0.15, 0.2) is 0 Å². The van der Waals surface area contributed by atoms with Gasteiger partial charge in [-0.2, -0.15) is 0 Å². The molecule has 0 radical (unpaired) electrons. The van der Waals surface area contributed by atoms with E-state index in [-0.39, 0.29) is 5.82 Å². The van der Waals surface area contributed by atoms with Gasteiger partial charge in [-0.05, 0) is 18.2 Å². The number of H-pyrrole nitrogens is 1.